The van der Waals surface area contributed by atoms with Crippen molar-refractivity contribution in [1.82, 2.24) is 9.78 Å². The summed E-state index contributed by atoms with van der Waals surface area (Å²) in [5.74, 6) is 0.816. The molecule has 1 saturated carbocycles. The van der Waals surface area contributed by atoms with Crippen LogP contribution in [0.15, 0.2) is 54.2 Å². The number of anilines is 1. The van der Waals surface area contributed by atoms with Crippen molar-refractivity contribution >= 4 is 11.4 Å². The van der Waals surface area contributed by atoms with Crippen LogP contribution in [-0.2, 0) is 0 Å². The van der Waals surface area contributed by atoms with Crippen molar-refractivity contribution in [2.75, 3.05) is 11.7 Å². The normalized spacial score (nSPS) is 15.4. The van der Waals surface area contributed by atoms with Gasteiger partial charge in [-0.3, -0.25) is 0 Å². The van der Waals surface area contributed by atoms with Gasteiger partial charge in [-0.1, -0.05) is 37.6 Å². The Balaban J connectivity index is 1.78. The van der Waals surface area contributed by atoms with Gasteiger partial charge in [-0.15, -0.1) is 0 Å². The van der Waals surface area contributed by atoms with Crippen molar-refractivity contribution < 1.29 is 4.74 Å². The van der Waals surface area contributed by atoms with Gasteiger partial charge in [0, 0.05) is 6.07 Å². The van der Waals surface area contributed by atoms with Crippen LogP contribution in [0, 0.1) is 6.92 Å². The topological polar surface area (TPSA) is 42.6 Å². The van der Waals surface area contributed by atoms with Gasteiger partial charge in [-0.2, -0.15) is 10.2 Å². The van der Waals surface area contributed by atoms with Gasteiger partial charge in [0.25, 0.3) is 0 Å². The fourth-order valence-corrected chi connectivity index (χ4v) is 3.13. The Kier molecular flexibility index (Phi) is 5.53. The number of para-hydroxylation sites is 1. The first-order valence-electron chi connectivity index (χ1n) is 8.86. The van der Waals surface area contributed by atoms with E-state index < -0.39 is 0 Å². The Labute approximate surface area is 149 Å². The predicted molar refractivity (Wildman–Crippen MR) is 102 cm³/mol. The standard InChI is InChI=1S/C20H26N4O/c1-4-16(2)21-23(18-10-6-5-7-11-18)15-25-20-14-17(3)22-24(20)19-12-8-9-13-19/h4-7,10-11,14,19H,1,8-9,12-13,15H2,2-3H3/b21-16-. The van der Waals surface area contributed by atoms with Gasteiger partial charge in [0.15, 0.2) is 6.73 Å². The molecule has 1 aliphatic carbocycles. The number of ether oxygens (including phenoxy) is 1. The Morgan fingerprint density at radius 3 is 2.76 bits per heavy atom. The third kappa shape index (κ3) is 4.29. The summed E-state index contributed by atoms with van der Waals surface area (Å²) in [4.78, 5) is 0. The second kappa shape index (κ2) is 8.01. The van der Waals surface area contributed by atoms with E-state index in [4.69, 9.17) is 4.74 Å². The molecule has 0 spiro atoms. The second-order valence-corrected chi connectivity index (χ2v) is 6.46. The minimum atomic E-state index is 0.326. The summed E-state index contributed by atoms with van der Waals surface area (Å²) < 4.78 is 8.17. The Morgan fingerprint density at radius 2 is 2.08 bits per heavy atom. The molecule has 1 heterocycles. The molecule has 0 bridgehead atoms. The molecule has 0 unspecified atom stereocenters. The monoisotopic (exact) mass is 338 g/mol. The molecule has 0 aliphatic heterocycles. The number of hydrogen-bond donors (Lipinski definition) is 0. The Hall–Kier alpha value is -2.56. The van der Waals surface area contributed by atoms with Crippen molar-refractivity contribution in [3.8, 4) is 5.88 Å². The Bertz CT molecular complexity index is 729. The first kappa shape index (κ1) is 17.3. The molecule has 5 heteroatoms. The summed E-state index contributed by atoms with van der Waals surface area (Å²) in [6.07, 6.45) is 6.62. The first-order valence-corrected chi connectivity index (χ1v) is 8.86. The van der Waals surface area contributed by atoms with Gasteiger partial charge in [0.2, 0.25) is 5.88 Å². The molecule has 0 atom stereocenters. The lowest BCUT2D eigenvalue weighted by Crippen LogP contribution is -2.24. The first-order chi connectivity index (χ1) is 12.2. The SMILES string of the molecule is C=C/C(C)=N\N(COc1cc(C)nn1C1CCCC1)c1ccccc1. The highest BCUT2D eigenvalue weighted by atomic mass is 16.5. The predicted octanol–water partition coefficient (Wildman–Crippen LogP) is 4.71. The largest absolute Gasteiger partial charge is 0.455 e. The molecule has 132 valence electrons. The van der Waals surface area contributed by atoms with Crippen LogP contribution in [-0.4, -0.2) is 22.2 Å². The second-order valence-electron chi connectivity index (χ2n) is 6.46. The molecule has 2 aromatic rings. The van der Waals surface area contributed by atoms with Crippen LogP contribution in [0.3, 0.4) is 0 Å². The third-order valence-electron chi connectivity index (χ3n) is 4.46. The minimum absolute atomic E-state index is 0.326. The smallest absolute Gasteiger partial charge is 0.214 e. The molecule has 0 amide bonds. The van der Waals surface area contributed by atoms with E-state index in [1.54, 1.807) is 6.08 Å². The molecular formula is C20H26N4O. The molecule has 5 nitrogen and oxygen atoms in total. The lowest BCUT2D eigenvalue weighted by molar-refractivity contribution is 0.267. The molecule has 1 aromatic carbocycles. The van der Waals surface area contributed by atoms with E-state index in [2.05, 4.69) is 21.5 Å². The molecule has 1 aliphatic rings. The van der Waals surface area contributed by atoms with Gasteiger partial charge in [0.1, 0.15) is 0 Å². The zero-order valence-corrected chi connectivity index (χ0v) is 15.1. The van der Waals surface area contributed by atoms with E-state index in [0.717, 1.165) is 23.0 Å². The van der Waals surface area contributed by atoms with Crippen LogP contribution in [0.5, 0.6) is 5.88 Å². The number of hydrogen-bond acceptors (Lipinski definition) is 4. The van der Waals surface area contributed by atoms with E-state index in [1.807, 2.05) is 55.3 Å². The van der Waals surface area contributed by atoms with Crippen LogP contribution < -0.4 is 9.75 Å². The van der Waals surface area contributed by atoms with E-state index in [0.29, 0.717) is 12.8 Å². The van der Waals surface area contributed by atoms with Crippen LogP contribution >= 0.6 is 0 Å². The molecule has 0 saturated heterocycles. The van der Waals surface area contributed by atoms with Crippen LogP contribution in [0.1, 0.15) is 44.3 Å². The lowest BCUT2D eigenvalue weighted by Gasteiger charge is -2.21. The molecular weight excluding hydrogens is 312 g/mol. The zero-order valence-electron chi connectivity index (χ0n) is 15.1. The summed E-state index contributed by atoms with van der Waals surface area (Å²) in [6, 6.07) is 12.5. The summed E-state index contributed by atoms with van der Waals surface area (Å²) in [6.45, 7) is 8.04. The minimum Gasteiger partial charge on any atom is -0.455 e. The number of aryl methyl sites for hydroxylation is 1. The van der Waals surface area contributed by atoms with Gasteiger partial charge >= 0.3 is 0 Å². The van der Waals surface area contributed by atoms with E-state index in [-0.39, 0.29) is 0 Å². The average Bonchev–Trinajstić information content (AvgIpc) is 3.28. The van der Waals surface area contributed by atoms with Crippen molar-refractivity contribution in [2.45, 2.75) is 45.6 Å². The quantitative estimate of drug-likeness (QED) is 0.417. The van der Waals surface area contributed by atoms with Crippen molar-refractivity contribution in [2.24, 2.45) is 5.10 Å². The number of hydrazone groups is 1. The fourth-order valence-electron chi connectivity index (χ4n) is 3.13. The number of rotatable bonds is 7. The summed E-state index contributed by atoms with van der Waals surface area (Å²) in [5, 5.41) is 11.1. The molecule has 0 radical (unpaired) electrons. The van der Waals surface area contributed by atoms with Crippen molar-refractivity contribution in [1.29, 1.82) is 0 Å². The number of aromatic nitrogens is 2. The molecule has 1 aromatic heterocycles. The molecule has 0 N–H and O–H groups in total. The molecule has 1 fully saturated rings. The maximum absolute atomic E-state index is 6.12. The average molecular weight is 338 g/mol. The maximum Gasteiger partial charge on any atom is 0.214 e. The van der Waals surface area contributed by atoms with Crippen LogP contribution in [0.2, 0.25) is 0 Å². The van der Waals surface area contributed by atoms with Gasteiger partial charge in [-0.05, 0) is 44.9 Å². The van der Waals surface area contributed by atoms with Crippen molar-refractivity contribution in [3.05, 3.63) is 54.7 Å². The summed E-state index contributed by atoms with van der Waals surface area (Å²) >= 11 is 0. The fraction of sp³-hybridized carbons (Fsp3) is 0.400. The summed E-state index contributed by atoms with van der Waals surface area (Å²) in [5.41, 5.74) is 2.80. The maximum atomic E-state index is 6.12. The van der Waals surface area contributed by atoms with E-state index in [1.165, 1.54) is 25.7 Å². The highest BCUT2D eigenvalue weighted by Crippen LogP contribution is 2.32. The van der Waals surface area contributed by atoms with E-state index >= 15 is 0 Å². The molecule has 3 rings (SSSR count). The highest BCUT2D eigenvalue weighted by molar-refractivity contribution is 5.92. The number of benzene rings is 1. The number of allylic oxidation sites excluding steroid dienone is 1. The van der Waals surface area contributed by atoms with Gasteiger partial charge in [0.05, 0.1) is 23.1 Å². The molecule has 25 heavy (non-hydrogen) atoms. The number of nitrogens with zero attached hydrogens (tertiary/aromatic N) is 4. The van der Waals surface area contributed by atoms with Gasteiger partial charge in [-0.25, -0.2) is 9.69 Å². The highest BCUT2D eigenvalue weighted by Gasteiger charge is 2.21. The lowest BCUT2D eigenvalue weighted by atomic mass is 10.2. The van der Waals surface area contributed by atoms with Gasteiger partial charge < -0.3 is 4.74 Å². The zero-order chi connectivity index (χ0) is 17.6. The van der Waals surface area contributed by atoms with E-state index in [9.17, 15) is 0 Å². The van der Waals surface area contributed by atoms with Crippen LogP contribution in [0.4, 0.5) is 5.69 Å². The van der Waals surface area contributed by atoms with Crippen molar-refractivity contribution in [3.63, 3.8) is 0 Å². The van der Waals surface area contributed by atoms with Crippen LogP contribution in [0.25, 0.3) is 0 Å². The Morgan fingerprint density at radius 1 is 1.36 bits per heavy atom. The third-order valence-corrected chi connectivity index (χ3v) is 4.46. The summed E-state index contributed by atoms with van der Waals surface area (Å²) in [7, 11) is 0.